The summed E-state index contributed by atoms with van der Waals surface area (Å²) in [5.41, 5.74) is 1.26. The zero-order chi connectivity index (χ0) is 22.0. The van der Waals surface area contributed by atoms with Crippen molar-refractivity contribution in [2.75, 3.05) is 27.4 Å². The van der Waals surface area contributed by atoms with Gasteiger partial charge in [-0.1, -0.05) is 30.3 Å². The molecule has 0 unspecified atom stereocenters. The van der Waals surface area contributed by atoms with Gasteiger partial charge in [-0.05, 0) is 36.2 Å². The minimum atomic E-state index is -0.740. The highest BCUT2D eigenvalue weighted by Gasteiger charge is 2.44. The van der Waals surface area contributed by atoms with Crippen molar-refractivity contribution in [3.05, 3.63) is 77.3 Å². The van der Waals surface area contributed by atoms with E-state index in [1.54, 1.807) is 50.6 Å². The van der Waals surface area contributed by atoms with E-state index < -0.39 is 23.5 Å². The van der Waals surface area contributed by atoms with E-state index in [9.17, 15) is 14.7 Å². The lowest BCUT2D eigenvalue weighted by molar-refractivity contribution is -0.129. The fourth-order valence-electron chi connectivity index (χ4n) is 3.85. The maximum atomic E-state index is 13.4. The Morgan fingerprint density at radius 2 is 1.87 bits per heavy atom. The molecule has 0 saturated carbocycles. The number of Topliss-reactive ketones (excluding diaryl/α,β-unsaturated/α-hetero) is 1. The van der Waals surface area contributed by atoms with Gasteiger partial charge in [0.1, 0.15) is 11.3 Å². The van der Waals surface area contributed by atoms with E-state index in [4.69, 9.17) is 13.9 Å². The van der Waals surface area contributed by atoms with Gasteiger partial charge in [0.15, 0.2) is 11.5 Å². The molecule has 7 nitrogen and oxygen atoms in total. The molecule has 1 N–H and O–H groups in total. The van der Waals surface area contributed by atoms with Crippen molar-refractivity contribution >= 4 is 22.7 Å². The van der Waals surface area contributed by atoms with Crippen LogP contribution in [0.15, 0.2) is 70.3 Å². The Morgan fingerprint density at radius 1 is 1.13 bits per heavy atom. The zero-order valence-electron chi connectivity index (χ0n) is 17.3. The number of furan rings is 1. The van der Waals surface area contributed by atoms with Crippen LogP contribution in [0.4, 0.5) is 0 Å². The molecule has 7 heteroatoms. The monoisotopic (exact) mass is 421 g/mol. The standard InChI is InChI=1S/C24H23NO6/c1-29-13-5-12-25-21(15-8-10-17(30-2)11-9-15)20(23(27)24(25)28)22(26)19-14-16-6-3-4-7-18(16)31-19/h3-4,6-11,14,21,27H,5,12-13H2,1-2H3/t21-/m0/s1. The van der Waals surface area contributed by atoms with Crippen molar-refractivity contribution in [1.29, 1.82) is 0 Å². The third-order valence-electron chi connectivity index (χ3n) is 5.38. The van der Waals surface area contributed by atoms with Crippen molar-refractivity contribution in [3.8, 4) is 5.75 Å². The summed E-state index contributed by atoms with van der Waals surface area (Å²) in [5.74, 6) is -0.928. The number of benzene rings is 2. The second-order valence-electron chi connectivity index (χ2n) is 7.26. The van der Waals surface area contributed by atoms with E-state index in [0.717, 1.165) is 5.39 Å². The van der Waals surface area contributed by atoms with Crippen LogP contribution in [-0.4, -0.2) is 49.1 Å². The lowest BCUT2D eigenvalue weighted by Crippen LogP contribution is -2.32. The van der Waals surface area contributed by atoms with Crippen LogP contribution < -0.4 is 4.74 Å². The minimum Gasteiger partial charge on any atom is -0.503 e. The Bertz CT molecular complexity index is 1110. The quantitative estimate of drug-likeness (QED) is 0.436. The number of rotatable bonds is 8. The van der Waals surface area contributed by atoms with E-state index >= 15 is 0 Å². The number of aliphatic hydroxyl groups excluding tert-OH is 1. The number of fused-ring (bicyclic) bond motifs is 1. The van der Waals surface area contributed by atoms with Crippen molar-refractivity contribution in [2.24, 2.45) is 0 Å². The highest BCUT2D eigenvalue weighted by Crippen LogP contribution is 2.40. The third kappa shape index (κ3) is 3.80. The Kier molecular flexibility index (Phi) is 5.77. The Hall–Kier alpha value is -3.58. The summed E-state index contributed by atoms with van der Waals surface area (Å²) in [4.78, 5) is 27.8. The van der Waals surface area contributed by atoms with Gasteiger partial charge in [0.2, 0.25) is 5.78 Å². The second-order valence-corrected chi connectivity index (χ2v) is 7.26. The first-order valence-electron chi connectivity index (χ1n) is 9.95. The van der Waals surface area contributed by atoms with Gasteiger partial charge in [-0.3, -0.25) is 9.59 Å². The van der Waals surface area contributed by atoms with Gasteiger partial charge < -0.3 is 23.9 Å². The van der Waals surface area contributed by atoms with Crippen molar-refractivity contribution < 1.29 is 28.6 Å². The fraction of sp³-hybridized carbons (Fsp3) is 0.250. The minimum absolute atomic E-state index is 0.00615. The molecule has 0 spiro atoms. The summed E-state index contributed by atoms with van der Waals surface area (Å²) < 4.78 is 16.0. The smallest absolute Gasteiger partial charge is 0.290 e. The van der Waals surface area contributed by atoms with Crippen LogP contribution in [0.2, 0.25) is 0 Å². The number of hydrogen-bond donors (Lipinski definition) is 1. The van der Waals surface area contributed by atoms with Crippen molar-refractivity contribution in [3.63, 3.8) is 0 Å². The van der Waals surface area contributed by atoms with Crippen LogP contribution in [0.5, 0.6) is 5.75 Å². The van der Waals surface area contributed by atoms with Crippen molar-refractivity contribution in [1.82, 2.24) is 4.90 Å². The summed E-state index contributed by atoms with van der Waals surface area (Å²) in [6, 6.07) is 15.2. The summed E-state index contributed by atoms with van der Waals surface area (Å²) in [6.45, 7) is 0.775. The van der Waals surface area contributed by atoms with Gasteiger partial charge in [0.25, 0.3) is 5.91 Å². The number of aliphatic hydroxyl groups is 1. The average Bonchev–Trinajstić information content (AvgIpc) is 3.34. The highest BCUT2D eigenvalue weighted by atomic mass is 16.5. The number of methoxy groups -OCH3 is 2. The number of carbonyl (C=O) groups is 2. The first kappa shape index (κ1) is 20.7. The van der Waals surface area contributed by atoms with Crippen LogP contribution >= 0.6 is 0 Å². The summed E-state index contributed by atoms with van der Waals surface area (Å²) in [6.07, 6.45) is 0.564. The van der Waals surface area contributed by atoms with E-state index in [1.807, 2.05) is 18.2 Å². The molecule has 1 amide bonds. The lowest BCUT2D eigenvalue weighted by atomic mass is 9.95. The van der Waals surface area contributed by atoms with E-state index in [1.165, 1.54) is 4.90 Å². The van der Waals surface area contributed by atoms with Gasteiger partial charge in [-0.2, -0.15) is 0 Å². The first-order chi connectivity index (χ1) is 15.0. The Labute approximate surface area is 179 Å². The largest absolute Gasteiger partial charge is 0.503 e. The molecule has 31 heavy (non-hydrogen) atoms. The average molecular weight is 421 g/mol. The molecule has 2 heterocycles. The summed E-state index contributed by atoms with van der Waals surface area (Å²) >= 11 is 0. The summed E-state index contributed by atoms with van der Waals surface area (Å²) in [5, 5.41) is 11.5. The predicted octanol–water partition coefficient (Wildman–Crippen LogP) is 4.06. The van der Waals surface area contributed by atoms with Gasteiger partial charge >= 0.3 is 0 Å². The predicted molar refractivity (Wildman–Crippen MR) is 114 cm³/mol. The van der Waals surface area contributed by atoms with Crippen LogP contribution in [0.3, 0.4) is 0 Å². The van der Waals surface area contributed by atoms with Crippen LogP contribution in [0.1, 0.15) is 28.6 Å². The number of ether oxygens (including phenoxy) is 2. The molecule has 0 saturated heterocycles. The summed E-state index contributed by atoms with van der Waals surface area (Å²) in [7, 11) is 3.15. The molecule has 1 aliphatic rings. The number of para-hydroxylation sites is 1. The molecule has 0 radical (unpaired) electrons. The van der Waals surface area contributed by atoms with E-state index in [0.29, 0.717) is 36.5 Å². The molecule has 1 aromatic heterocycles. The molecule has 1 atom stereocenters. The molecule has 0 fully saturated rings. The number of amides is 1. The van der Waals surface area contributed by atoms with Gasteiger partial charge in [-0.25, -0.2) is 0 Å². The fourth-order valence-corrected chi connectivity index (χ4v) is 3.85. The first-order valence-corrected chi connectivity index (χ1v) is 9.95. The van der Waals surface area contributed by atoms with Gasteiger partial charge in [-0.15, -0.1) is 0 Å². The molecule has 4 rings (SSSR count). The number of hydrogen-bond acceptors (Lipinski definition) is 6. The molecule has 0 bridgehead atoms. The van der Waals surface area contributed by atoms with Gasteiger partial charge in [0, 0.05) is 25.6 Å². The SMILES string of the molecule is COCCCN1C(=O)C(O)=C(C(=O)c2cc3ccccc3o2)[C@@H]1c1ccc(OC)cc1. The molecule has 0 aliphatic carbocycles. The van der Waals surface area contributed by atoms with Crippen molar-refractivity contribution in [2.45, 2.75) is 12.5 Å². The molecule has 2 aromatic carbocycles. The maximum absolute atomic E-state index is 13.4. The third-order valence-corrected chi connectivity index (χ3v) is 5.38. The number of carbonyl (C=O) groups excluding carboxylic acids is 2. The number of nitrogens with zero attached hydrogens (tertiary/aromatic N) is 1. The normalized spacial score (nSPS) is 16.4. The molecule has 160 valence electrons. The van der Waals surface area contributed by atoms with E-state index in [2.05, 4.69) is 0 Å². The zero-order valence-corrected chi connectivity index (χ0v) is 17.3. The molecular weight excluding hydrogens is 398 g/mol. The van der Waals surface area contributed by atoms with Gasteiger partial charge in [0.05, 0.1) is 18.7 Å². The highest BCUT2D eigenvalue weighted by molar-refractivity contribution is 6.16. The van der Waals surface area contributed by atoms with E-state index in [-0.39, 0.29) is 11.3 Å². The topological polar surface area (TPSA) is 89.2 Å². The Balaban J connectivity index is 1.76. The van der Waals surface area contributed by atoms with Crippen LogP contribution in [-0.2, 0) is 9.53 Å². The molecule has 3 aromatic rings. The van der Waals surface area contributed by atoms with Crippen LogP contribution in [0, 0.1) is 0 Å². The molecule has 1 aliphatic heterocycles. The second kappa shape index (κ2) is 8.65. The number of ketones is 1. The lowest BCUT2D eigenvalue weighted by Gasteiger charge is -2.26. The Morgan fingerprint density at radius 3 is 2.55 bits per heavy atom. The van der Waals surface area contributed by atoms with Crippen LogP contribution in [0.25, 0.3) is 11.0 Å². The maximum Gasteiger partial charge on any atom is 0.290 e. The molecular formula is C24H23NO6.